The van der Waals surface area contributed by atoms with Crippen molar-refractivity contribution >= 4 is 29.3 Å². The molecule has 1 amide bonds. The number of anilines is 1. The van der Waals surface area contributed by atoms with Gasteiger partial charge in [0.05, 0.1) is 17.8 Å². The summed E-state index contributed by atoms with van der Waals surface area (Å²) < 4.78 is 5.19. The lowest BCUT2D eigenvalue weighted by Crippen LogP contribution is -2.34. The molecular weight excluding hydrogens is 384 g/mol. The number of para-hydroxylation sites is 1. The van der Waals surface area contributed by atoms with Gasteiger partial charge in [-0.3, -0.25) is 9.69 Å². The number of rotatable bonds is 8. The minimum Gasteiger partial charge on any atom is -0.497 e. The number of carbonyl (C=O) groups excluding carboxylic acids is 1. The fraction of sp³-hybridized carbons (Fsp3) is 0.375. The van der Waals surface area contributed by atoms with Gasteiger partial charge in [0.15, 0.2) is 0 Å². The molecule has 1 fully saturated rings. The van der Waals surface area contributed by atoms with E-state index in [0.29, 0.717) is 23.0 Å². The minimum absolute atomic E-state index is 0.0444. The van der Waals surface area contributed by atoms with Gasteiger partial charge in [-0.15, -0.1) is 0 Å². The molecule has 3 rings (SSSR count). The van der Waals surface area contributed by atoms with E-state index in [1.54, 1.807) is 13.2 Å². The van der Waals surface area contributed by atoms with E-state index in [1.165, 1.54) is 5.56 Å². The summed E-state index contributed by atoms with van der Waals surface area (Å²) in [7, 11) is 1.68. The third-order valence-corrected chi connectivity index (χ3v) is 5.75. The molecule has 1 aliphatic rings. The van der Waals surface area contributed by atoms with E-state index >= 15 is 0 Å². The average molecular weight is 413 g/mol. The van der Waals surface area contributed by atoms with Gasteiger partial charge in [-0.05, 0) is 68.1 Å². The Hall–Kier alpha value is -2.30. The van der Waals surface area contributed by atoms with E-state index in [0.717, 1.165) is 44.6 Å². The summed E-state index contributed by atoms with van der Waals surface area (Å²) in [5.41, 5.74) is 1.88. The van der Waals surface area contributed by atoms with Crippen LogP contribution >= 0.6 is 11.6 Å². The molecule has 0 unspecified atom stereocenters. The average Bonchev–Trinajstić information content (AvgIpc) is 2.75. The Kier molecular flexibility index (Phi) is 8.14. The zero-order valence-electron chi connectivity index (χ0n) is 16.9. The van der Waals surface area contributed by atoms with Crippen LogP contribution in [-0.4, -0.2) is 37.6 Å². The molecule has 154 valence electrons. The molecule has 2 aromatic rings. The maximum Gasteiger partial charge on any atom is 0.224 e. The van der Waals surface area contributed by atoms with E-state index in [-0.39, 0.29) is 5.91 Å². The van der Waals surface area contributed by atoms with Gasteiger partial charge in [0.25, 0.3) is 0 Å². The number of amides is 1. The van der Waals surface area contributed by atoms with Gasteiger partial charge in [0, 0.05) is 13.0 Å². The van der Waals surface area contributed by atoms with Gasteiger partial charge >= 0.3 is 0 Å². The van der Waals surface area contributed by atoms with Crippen LogP contribution in [0.15, 0.2) is 54.6 Å². The zero-order valence-corrected chi connectivity index (χ0v) is 17.7. The Bertz CT molecular complexity index is 812. The van der Waals surface area contributed by atoms with Crippen LogP contribution in [0, 0.1) is 5.92 Å². The lowest BCUT2D eigenvalue weighted by molar-refractivity contribution is -0.116. The van der Waals surface area contributed by atoms with Crippen molar-refractivity contribution in [1.29, 1.82) is 0 Å². The van der Waals surface area contributed by atoms with Crippen molar-refractivity contribution in [3.63, 3.8) is 0 Å². The number of piperidine rings is 1. The van der Waals surface area contributed by atoms with Crippen LogP contribution in [-0.2, 0) is 4.79 Å². The van der Waals surface area contributed by atoms with Gasteiger partial charge in [-0.25, -0.2) is 0 Å². The highest BCUT2D eigenvalue weighted by Gasteiger charge is 2.19. The van der Waals surface area contributed by atoms with Crippen molar-refractivity contribution in [1.82, 2.24) is 4.90 Å². The molecule has 0 spiro atoms. The van der Waals surface area contributed by atoms with E-state index in [1.807, 2.05) is 30.3 Å². The van der Waals surface area contributed by atoms with Crippen LogP contribution in [0.1, 0.15) is 31.2 Å². The first-order chi connectivity index (χ1) is 14.1. The minimum atomic E-state index is 0.0444. The fourth-order valence-electron chi connectivity index (χ4n) is 3.62. The normalized spacial score (nSPS) is 15.5. The zero-order chi connectivity index (χ0) is 20.5. The molecule has 0 aromatic heterocycles. The summed E-state index contributed by atoms with van der Waals surface area (Å²) in [6.07, 6.45) is 8.16. The number of hydrogen-bond acceptors (Lipinski definition) is 3. The molecule has 4 nitrogen and oxygen atoms in total. The number of methoxy groups -OCH3 is 1. The van der Waals surface area contributed by atoms with Crippen LogP contribution < -0.4 is 10.1 Å². The number of hydrogen-bond donors (Lipinski definition) is 1. The Morgan fingerprint density at radius 1 is 1.17 bits per heavy atom. The van der Waals surface area contributed by atoms with Crippen molar-refractivity contribution in [2.24, 2.45) is 5.92 Å². The van der Waals surface area contributed by atoms with Crippen LogP contribution in [0.4, 0.5) is 5.69 Å². The van der Waals surface area contributed by atoms with Gasteiger partial charge in [-0.2, -0.15) is 0 Å². The molecule has 1 aliphatic heterocycles. The molecule has 29 heavy (non-hydrogen) atoms. The molecule has 2 aromatic carbocycles. The smallest absolute Gasteiger partial charge is 0.224 e. The summed E-state index contributed by atoms with van der Waals surface area (Å²) in [6.45, 7) is 3.14. The van der Waals surface area contributed by atoms with Crippen LogP contribution in [0.25, 0.3) is 6.08 Å². The molecule has 1 heterocycles. The first-order valence-corrected chi connectivity index (χ1v) is 10.6. The first kappa shape index (κ1) is 21.4. The predicted octanol–water partition coefficient (Wildman–Crippen LogP) is 5.49. The maximum atomic E-state index is 12.2. The molecule has 0 radical (unpaired) electrons. The molecule has 0 bridgehead atoms. The number of nitrogens with one attached hydrogen (secondary N) is 1. The summed E-state index contributed by atoms with van der Waals surface area (Å²) in [5.74, 6) is 1.54. The molecule has 1 N–H and O–H groups in total. The number of likely N-dealkylation sites (tertiary alicyclic amines) is 1. The number of benzene rings is 2. The molecule has 0 aliphatic carbocycles. The largest absolute Gasteiger partial charge is 0.497 e. The predicted molar refractivity (Wildman–Crippen MR) is 121 cm³/mol. The van der Waals surface area contributed by atoms with Gasteiger partial charge in [0.1, 0.15) is 5.75 Å². The third-order valence-electron chi connectivity index (χ3n) is 5.42. The van der Waals surface area contributed by atoms with Gasteiger partial charge in [0.2, 0.25) is 5.91 Å². The molecular formula is C24H29ClN2O2. The Balaban J connectivity index is 1.34. The molecule has 0 atom stereocenters. The Labute approximate surface area is 178 Å². The quantitative estimate of drug-likeness (QED) is 0.623. The Morgan fingerprint density at radius 2 is 1.90 bits per heavy atom. The third kappa shape index (κ3) is 6.91. The highest BCUT2D eigenvalue weighted by molar-refractivity contribution is 6.33. The highest BCUT2D eigenvalue weighted by atomic mass is 35.5. The van der Waals surface area contributed by atoms with E-state index in [9.17, 15) is 4.79 Å². The Morgan fingerprint density at radius 3 is 2.59 bits per heavy atom. The monoisotopic (exact) mass is 412 g/mol. The second-order valence-electron chi connectivity index (χ2n) is 7.49. The first-order valence-electron chi connectivity index (χ1n) is 10.2. The number of nitrogens with zero attached hydrogens (tertiary/aromatic N) is 1. The number of ether oxygens (including phenoxy) is 1. The topological polar surface area (TPSA) is 41.6 Å². The second kappa shape index (κ2) is 11.0. The lowest BCUT2D eigenvalue weighted by atomic mass is 9.92. The number of halogens is 1. The number of carbonyl (C=O) groups is 1. The fourth-order valence-corrected chi connectivity index (χ4v) is 3.80. The molecule has 1 saturated heterocycles. The molecule has 5 heteroatoms. The summed E-state index contributed by atoms with van der Waals surface area (Å²) in [4.78, 5) is 14.7. The van der Waals surface area contributed by atoms with Crippen molar-refractivity contribution in [3.8, 4) is 5.75 Å². The molecule has 0 saturated carbocycles. The van der Waals surface area contributed by atoms with Gasteiger partial charge in [-0.1, -0.05) is 48.0 Å². The lowest BCUT2D eigenvalue weighted by Gasteiger charge is -2.31. The van der Waals surface area contributed by atoms with E-state index < -0.39 is 0 Å². The van der Waals surface area contributed by atoms with E-state index in [2.05, 4.69) is 34.5 Å². The summed E-state index contributed by atoms with van der Waals surface area (Å²) in [6, 6.07) is 15.4. The maximum absolute atomic E-state index is 12.2. The van der Waals surface area contributed by atoms with Crippen molar-refractivity contribution < 1.29 is 9.53 Å². The van der Waals surface area contributed by atoms with Crippen LogP contribution in [0.5, 0.6) is 5.75 Å². The summed E-state index contributed by atoms with van der Waals surface area (Å²) >= 11 is 6.10. The standard InChI is InChI=1S/C24H29ClN2O2/c1-29-21-11-8-19(9-12-21)5-4-16-27-17-14-20(15-18-27)10-13-24(28)26-23-7-3-2-6-22(23)25/h2-9,11-12,20H,10,13-18H2,1H3,(H,26,28). The van der Waals surface area contributed by atoms with E-state index in [4.69, 9.17) is 16.3 Å². The van der Waals surface area contributed by atoms with Gasteiger partial charge < -0.3 is 10.1 Å². The second-order valence-corrected chi connectivity index (χ2v) is 7.89. The van der Waals surface area contributed by atoms with Crippen molar-refractivity contribution in [3.05, 3.63) is 65.2 Å². The van der Waals surface area contributed by atoms with Crippen molar-refractivity contribution in [2.45, 2.75) is 25.7 Å². The summed E-state index contributed by atoms with van der Waals surface area (Å²) in [5, 5.41) is 3.49. The van der Waals surface area contributed by atoms with Crippen LogP contribution in [0.3, 0.4) is 0 Å². The van der Waals surface area contributed by atoms with Crippen molar-refractivity contribution in [2.75, 3.05) is 32.1 Å². The SMILES string of the molecule is COc1ccc(C=CCN2CCC(CCC(=O)Nc3ccccc3Cl)CC2)cc1. The van der Waals surface area contributed by atoms with Crippen LogP contribution in [0.2, 0.25) is 5.02 Å². The highest BCUT2D eigenvalue weighted by Crippen LogP contribution is 2.24.